The van der Waals surface area contributed by atoms with Crippen molar-refractivity contribution in [1.82, 2.24) is 9.88 Å². The zero-order chi connectivity index (χ0) is 14.4. The number of piperidine rings is 1. The molecule has 4 nitrogen and oxygen atoms in total. The van der Waals surface area contributed by atoms with Gasteiger partial charge in [0.15, 0.2) is 0 Å². The molecule has 20 heavy (non-hydrogen) atoms. The van der Waals surface area contributed by atoms with E-state index in [0.717, 1.165) is 51.1 Å². The summed E-state index contributed by atoms with van der Waals surface area (Å²) in [5.41, 5.74) is 6.49. The minimum Gasteiger partial charge on any atom is -0.378 e. The fourth-order valence-electron chi connectivity index (χ4n) is 2.36. The highest BCUT2D eigenvalue weighted by atomic mass is 35.5. The molecule has 0 spiro atoms. The van der Waals surface area contributed by atoms with E-state index in [4.69, 9.17) is 33.7 Å². The lowest BCUT2D eigenvalue weighted by molar-refractivity contribution is 0.00562. The van der Waals surface area contributed by atoms with Crippen LogP contribution in [-0.4, -0.2) is 42.2 Å². The standard InChI is InChI=1S/C14H21Cl2N3O/c15-13-8-14(16)18-9-11(13)10-19-5-2-12(3-6-19)20-7-1-4-17/h8-9,12H,1-7,10,17H2. The zero-order valence-corrected chi connectivity index (χ0v) is 13.0. The van der Waals surface area contributed by atoms with Crippen LogP contribution in [0, 0.1) is 0 Å². The predicted octanol–water partition coefficient (Wildman–Crippen LogP) is 2.72. The highest BCUT2D eigenvalue weighted by Crippen LogP contribution is 2.22. The number of hydrogen-bond donors (Lipinski definition) is 1. The lowest BCUT2D eigenvalue weighted by atomic mass is 10.1. The number of hydrogen-bond acceptors (Lipinski definition) is 4. The first kappa shape index (κ1) is 16.0. The summed E-state index contributed by atoms with van der Waals surface area (Å²) in [6, 6.07) is 1.70. The molecule has 0 aliphatic carbocycles. The molecule has 0 radical (unpaired) electrons. The molecule has 1 aliphatic heterocycles. The Morgan fingerprint density at radius 3 is 2.75 bits per heavy atom. The Hall–Kier alpha value is -0.390. The molecule has 2 heterocycles. The number of pyridine rings is 1. The molecule has 1 aromatic rings. The van der Waals surface area contributed by atoms with Gasteiger partial charge < -0.3 is 10.5 Å². The normalized spacial score (nSPS) is 17.6. The maximum absolute atomic E-state index is 6.17. The Morgan fingerprint density at radius 1 is 1.35 bits per heavy atom. The van der Waals surface area contributed by atoms with Crippen LogP contribution in [0.3, 0.4) is 0 Å². The number of ether oxygens (including phenoxy) is 1. The summed E-state index contributed by atoms with van der Waals surface area (Å²) in [6.45, 7) is 4.33. The van der Waals surface area contributed by atoms with Crippen molar-refractivity contribution in [3.63, 3.8) is 0 Å². The highest BCUT2D eigenvalue weighted by Gasteiger charge is 2.20. The third-order valence-corrected chi connectivity index (χ3v) is 4.09. The number of nitrogens with zero attached hydrogens (tertiary/aromatic N) is 2. The van der Waals surface area contributed by atoms with Crippen molar-refractivity contribution in [1.29, 1.82) is 0 Å². The van der Waals surface area contributed by atoms with Gasteiger partial charge >= 0.3 is 0 Å². The van der Waals surface area contributed by atoms with E-state index in [1.54, 1.807) is 12.3 Å². The number of aromatic nitrogens is 1. The third kappa shape index (κ3) is 4.86. The van der Waals surface area contributed by atoms with Gasteiger partial charge in [0.1, 0.15) is 5.15 Å². The van der Waals surface area contributed by atoms with E-state index in [1.807, 2.05) is 0 Å². The Balaban J connectivity index is 1.76. The molecule has 0 aromatic carbocycles. The summed E-state index contributed by atoms with van der Waals surface area (Å²) >= 11 is 12.0. The molecule has 1 fully saturated rings. The second-order valence-corrected chi connectivity index (χ2v) is 5.88. The second-order valence-electron chi connectivity index (χ2n) is 5.09. The highest BCUT2D eigenvalue weighted by molar-refractivity contribution is 6.34. The molecule has 2 N–H and O–H groups in total. The average Bonchev–Trinajstić information content (AvgIpc) is 2.44. The number of rotatable bonds is 6. The molecular weight excluding hydrogens is 297 g/mol. The first-order valence-corrected chi connectivity index (χ1v) is 7.78. The summed E-state index contributed by atoms with van der Waals surface area (Å²) in [6.07, 6.45) is 5.18. The van der Waals surface area contributed by atoms with Crippen molar-refractivity contribution < 1.29 is 4.74 Å². The Labute approximate surface area is 130 Å². The molecule has 2 rings (SSSR count). The van der Waals surface area contributed by atoms with Gasteiger partial charge in [0.2, 0.25) is 0 Å². The van der Waals surface area contributed by atoms with Crippen LogP contribution in [0.5, 0.6) is 0 Å². The van der Waals surface area contributed by atoms with Gasteiger partial charge in [0.05, 0.1) is 6.10 Å². The summed E-state index contributed by atoms with van der Waals surface area (Å²) < 4.78 is 5.80. The Bertz CT molecular complexity index is 423. The molecule has 0 saturated carbocycles. The van der Waals surface area contributed by atoms with Crippen LogP contribution in [0.4, 0.5) is 0 Å². The van der Waals surface area contributed by atoms with Gasteiger partial charge in [-0.2, -0.15) is 0 Å². The smallest absolute Gasteiger partial charge is 0.130 e. The monoisotopic (exact) mass is 317 g/mol. The summed E-state index contributed by atoms with van der Waals surface area (Å²) in [4.78, 5) is 6.46. The summed E-state index contributed by atoms with van der Waals surface area (Å²) in [7, 11) is 0. The molecule has 6 heteroatoms. The van der Waals surface area contributed by atoms with Gasteiger partial charge in [-0.05, 0) is 31.9 Å². The van der Waals surface area contributed by atoms with Crippen molar-refractivity contribution in [2.75, 3.05) is 26.2 Å². The van der Waals surface area contributed by atoms with Crippen LogP contribution in [0.1, 0.15) is 24.8 Å². The van der Waals surface area contributed by atoms with E-state index in [1.165, 1.54) is 0 Å². The van der Waals surface area contributed by atoms with Gasteiger partial charge in [0.25, 0.3) is 0 Å². The van der Waals surface area contributed by atoms with Crippen molar-refractivity contribution >= 4 is 23.2 Å². The molecule has 1 saturated heterocycles. The number of halogens is 2. The molecule has 0 unspecified atom stereocenters. The van der Waals surface area contributed by atoms with Crippen molar-refractivity contribution in [2.24, 2.45) is 5.73 Å². The van der Waals surface area contributed by atoms with E-state index in [-0.39, 0.29) is 0 Å². The molecule has 1 aromatic heterocycles. The largest absolute Gasteiger partial charge is 0.378 e. The van der Waals surface area contributed by atoms with Crippen molar-refractivity contribution in [3.8, 4) is 0 Å². The van der Waals surface area contributed by atoms with Crippen molar-refractivity contribution in [3.05, 3.63) is 28.0 Å². The number of nitrogens with two attached hydrogens (primary N) is 1. The topological polar surface area (TPSA) is 51.4 Å². The lowest BCUT2D eigenvalue weighted by Gasteiger charge is -2.32. The molecule has 0 bridgehead atoms. The SMILES string of the molecule is NCCCOC1CCN(Cc2cnc(Cl)cc2Cl)CC1. The minimum absolute atomic E-state index is 0.372. The van der Waals surface area contributed by atoms with E-state index in [0.29, 0.717) is 22.8 Å². The average molecular weight is 318 g/mol. The zero-order valence-electron chi connectivity index (χ0n) is 11.5. The van der Waals surface area contributed by atoms with Crippen LogP contribution < -0.4 is 5.73 Å². The Morgan fingerprint density at radius 2 is 2.10 bits per heavy atom. The second kappa shape index (κ2) is 8.15. The molecule has 112 valence electrons. The van der Waals surface area contributed by atoms with Gasteiger partial charge in [-0.1, -0.05) is 23.2 Å². The minimum atomic E-state index is 0.372. The van der Waals surface area contributed by atoms with E-state index in [2.05, 4.69) is 9.88 Å². The fraction of sp³-hybridized carbons (Fsp3) is 0.643. The van der Waals surface area contributed by atoms with E-state index >= 15 is 0 Å². The quantitative estimate of drug-likeness (QED) is 0.647. The van der Waals surface area contributed by atoms with Crippen LogP contribution in [0.25, 0.3) is 0 Å². The summed E-state index contributed by atoms with van der Waals surface area (Å²) in [5, 5.41) is 1.12. The maximum Gasteiger partial charge on any atom is 0.130 e. The van der Waals surface area contributed by atoms with Gasteiger partial charge in [-0.15, -0.1) is 0 Å². The van der Waals surface area contributed by atoms with Crippen molar-refractivity contribution in [2.45, 2.75) is 31.9 Å². The van der Waals surface area contributed by atoms with E-state index in [9.17, 15) is 0 Å². The lowest BCUT2D eigenvalue weighted by Crippen LogP contribution is -2.36. The number of likely N-dealkylation sites (tertiary alicyclic amines) is 1. The maximum atomic E-state index is 6.17. The first-order chi connectivity index (χ1) is 9.69. The third-order valence-electron chi connectivity index (χ3n) is 3.53. The van der Waals surface area contributed by atoms with Crippen LogP contribution in [-0.2, 0) is 11.3 Å². The van der Waals surface area contributed by atoms with Gasteiger partial charge in [-0.25, -0.2) is 4.98 Å². The van der Waals surface area contributed by atoms with Gasteiger partial charge in [-0.3, -0.25) is 4.90 Å². The van der Waals surface area contributed by atoms with Crippen LogP contribution in [0.2, 0.25) is 10.2 Å². The fourth-order valence-corrected chi connectivity index (χ4v) is 2.79. The van der Waals surface area contributed by atoms with Crippen LogP contribution >= 0.6 is 23.2 Å². The summed E-state index contributed by atoms with van der Waals surface area (Å²) in [5.74, 6) is 0. The van der Waals surface area contributed by atoms with E-state index < -0.39 is 0 Å². The van der Waals surface area contributed by atoms with Gasteiger partial charge in [0, 0.05) is 43.0 Å². The molecular formula is C14H21Cl2N3O. The molecule has 1 aliphatic rings. The predicted molar refractivity (Wildman–Crippen MR) is 82.2 cm³/mol. The first-order valence-electron chi connectivity index (χ1n) is 7.03. The van der Waals surface area contributed by atoms with Crippen LogP contribution in [0.15, 0.2) is 12.3 Å². The molecule has 0 atom stereocenters. The Kier molecular flexibility index (Phi) is 6.52. The molecule has 0 amide bonds.